The molecule has 0 aliphatic heterocycles. The van der Waals surface area contributed by atoms with Crippen LogP contribution in [0.15, 0.2) is 35.2 Å². The van der Waals surface area contributed by atoms with E-state index in [2.05, 4.69) is 15.3 Å². The number of rotatable bonds is 3. The molecule has 0 spiro atoms. The van der Waals surface area contributed by atoms with Crippen LogP contribution in [-0.2, 0) is 6.54 Å². The molecule has 0 radical (unpaired) electrons. The highest BCUT2D eigenvalue weighted by atomic mass is 16.3. The summed E-state index contributed by atoms with van der Waals surface area (Å²) in [6, 6.07) is 5.59. The van der Waals surface area contributed by atoms with Crippen LogP contribution < -0.4 is 5.32 Å². The van der Waals surface area contributed by atoms with E-state index >= 15 is 0 Å². The summed E-state index contributed by atoms with van der Waals surface area (Å²) in [7, 11) is 0. The van der Waals surface area contributed by atoms with Gasteiger partial charge in [0.05, 0.1) is 25.2 Å². The van der Waals surface area contributed by atoms with Crippen molar-refractivity contribution >= 4 is 5.82 Å². The first-order chi connectivity index (χ1) is 7.38. The van der Waals surface area contributed by atoms with Crippen molar-refractivity contribution < 1.29 is 4.42 Å². The molecule has 5 heteroatoms. The Morgan fingerprint density at radius 1 is 1.40 bits per heavy atom. The van der Waals surface area contributed by atoms with Crippen molar-refractivity contribution in [3.8, 4) is 6.07 Å². The van der Waals surface area contributed by atoms with Crippen LogP contribution in [-0.4, -0.2) is 9.97 Å². The maximum atomic E-state index is 8.52. The predicted molar refractivity (Wildman–Crippen MR) is 52.8 cm³/mol. The lowest BCUT2D eigenvalue weighted by Crippen LogP contribution is -2.01. The Kier molecular flexibility index (Phi) is 2.61. The zero-order valence-corrected chi connectivity index (χ0v) is 7.84. The first kappa shape index (κ1) is 9.21. The third kappa shape index (κ3) is 2.31. The number of nitriles is 1. The van der Waals surface area contributed by atoms with Gasteiger partial charge in [-0.2, -0.15) is 5.26 Å². The average Bonchev–Trinajstić information content (AvgIpc) is 2.80. The molecular weight excluding hydrogens is 192 g/mol. The maximum Gasteiger partial charge on any atom is 0.158 e. The lowest BCUT2D eigenvalue weighted by atomic mass is 10.4. The summed E-state index contributed by atoms with van der Waals surface area (Å²) in [5.41, 5.74) is 0.304. The van der Waals surface area contributed by atoms with E-state index in [0.29, 0.717) is 18.1 Å². The van der Waals surface area contributed by atoms with Gasteiger partial charge in [-0.1, -0.05) is 0 Å². The van der Waals surface area contributed by atoms with E-state index < -0.39 is 0 Å². The second kappa shape index (κ2) is 4.24. The molecule has 1 N–H and O–H groups in total. The van der Waals surface area contributed by atoms with Gasteiger partial charge >= 0.3 is 0 Å². The summed E-state index contributed by atoms with van der Waals surface area (Å²) in [5.74, 6) is 1.44. The zero-order chi connectivity index (χ0) is 10.5. The Balaban J connectivity index is 1.97. The Morgan fingerprint density at radius 3 is 2.93 bits per heavy atom. The molecule has 0 fully saturated rings. The first-order valence-electron chi connectivity index (χ1n) is 4.37. The van der Waals surface area contributed by atoms with Gasteiger partial charge < -0.3 is 9.73 Å². The SMILES string of the molecule is N#Cc1cnc(NCc2ccco2)cn1. The number of hydrogen-bond acceptors (Lipinski definition) is 5. The van der Waals surface area contributed by atoms with E-state index in [4.69, 9.17) is 9.68 Å². The minimum absolute atomic E-state index is 0.304. The van der Waals surface area contributed by atoms with Gasteiger partial charge in [-0.3, -0.25) is 0 Å². The van der Waals surface area contributed by atoms with Crippen molar-refractivity contribution in [2.24, 2.45) is 0 Å². The molecule has 0 bridgehead atoms. The molecule has 0 saturated carbocycles. The van der Waals surface area contributed by atoms with Gasteiger partial charge in [-0.25, -0.2) is 9.97 Å². The van der Waals surface area contributed by atoms with Crippen LogP contribution in [0.1, 0.15) is 11.5 Å². The third-order valence-corrected chi connectivity index (χ3v) is 1.79. The van der Waals surface area contributed by atoms with Crippen LogP contribution in [0.5, 0.6) is 0 Å². The highest BCUT2D eigenvalue weighted by Gasteiger charge is 1.98. The molecule has 0 saturated heterocycles. The van der Waals surface area contributed by atoms with E-state index in [1.807, 2.05) is 18.2 Å². The van der Waals surface area contributed by atoms with E-state index in [-0.39, 0.29) is 0 Å². The molecule has 5 nitrogen and oxygen atoms in total. The second-order valence-electron chi connectivity index (χ2n) is 2.83. The molecule has 2 rings (SSSR count). The van der Waals surface area contributed by atoms with Crippen molar-refractivity contribution in [1.82, 2.24) is 9.97 Å². The monoisotopic (exact) mass is 200 g/mol. The van der Waals surface area contributed by atoms with Crippen LogP contribution in [0.25, 0.3) is 0 Å². The smallest absolute Gasteiger partial charge is 0.158 e. The molecule has 0 amide bonds. The van der Waals surface area contributed by atoms with E-state index in [9.17, 15) is 0 Å². The van der Waals surface area contributed by atoms with Gasteiger partial charge in [0.1, 0.15) is 17.6 Å². The molecule has 0 unspecified atom stereocenters. The van der Waals surface area contributed by atoms with E-state index in [1.165, 1.54) is 12.4 Å². The molecule has 0 aliphatic rings. The highest BCUT2D eigenvalue weighted by molar-refractivity contribution is 5.33. The predicted octanol–water partition coefficient (Wildman–Crippen LogP) is 1.55. The van der Waals surface area contributed by atoms with Crippen LogP contribution in [0.4, 0.5) is 5.82 Å². The molecule has 2 aromatic rings. The highest BCUT2D eigenvalue weighted by Crippen LogP contribution is 2.05. The number of nitrogens with one attached hydrogen (secondary N) is 1. The quantitative estimate of drug-likeness (QED) is 0.813. The van der Waals surface area contributed by atoms with Crippen molar-refractivity contribution in [3.05, 3.63) is 42.2 Å². The van der Waals surface area contributed by atoms with E-state index in [1.54, 1.807) is 6.26 Å². The lowest BCUT2D eigenvalue weighted by molar-refractivity contribution is 0.518. The molecule has 0 atom stereocenters. The van der Waals surface area contributed by atoms with Crippen LogP contribution in [0, 0.1) is 11.3 Å². The van der Waals surface area contributed by atoms with Gasteiger partial charge in [0.15, 0.2) is 5.69 Å². The molecule has 2 heterocycles. The number of furan rings is 1. The standard InChI is InChI=1S/C10H8N4O/c11-4-8-5-13-10(7-12-8)14-6-9-2-1-3-15-9/h1-3,5,7H,6H2,(H,13,14). The number of aromatic nitrogens is 2. The number of anilines is 1. The Hall–Kier alpha value is -2.35. The minimum Gasteiger partial charge on any atom is -0.467 e. The normalized spacial score (nSPS) is 9.53. The van der Waals surface area contributed by atoms with Crippen molar-refractivity contribution in [1.29, 1.82) is 5.26 Å². The van der Waals surface area contributed by atoms with Crippen LogP contribution in [0.3, 0.4) is 0 Å². The summed E-state index contributed by atoms with van der Waals surface area (Å²) in [5, 5.41) is 11.5. The average molecular weight is 200 g/mol. The van der Waals surface area contributed by atoms with Crippen LogP contribution >= 0.6 is 0 Å². The van der Waals surface area contributed by atoms with Crippen molar-refractivity contribution in [2.45, 2.75) is 6.54 Å². The topological polar surface area (TPSA) is 74.7 Å². The zero-order valence-electron chi connectivity index (χ0n) is 7.84. The largest absolute Gasteiger partial charge is 0.467 e. The Bertz CT molecular complexity index is 455. The van der Waals surface area contributed by atoms with Gasteiger partial charge in [0.2, 0.25) is 0 Å². The summed E-state index contributed by atoms with van der Waals surface area (Å²) < 4.78 is 5.14. The third-order valence-electron chi connectivity index (χ3n) is 1.79. The lowest BCUT2D eigenvalue weighted by Gasteiger charge is -2.01. The molecule has 0 aromatic carbocycles. The number of nitrogens with zero attached hydrogens (tertiary/aromatic N) is 3. The minimum atomic E-state index is 0.304. The van der Waals surface area contributed by atoms with Crippen LogP contribution in [0.2, 0.25) is 0 Å². The van der Waals surface area contributed by atoms with Gasteiger partial charge in [-0.05, 0) is 12.1 Å². The summed E-state index contributed by atoms with van der Waals surface area (Å²) in [4.78, 5) is 7.89. The molecule has 0 aliphatic carbocycles. The van der Waals surface area contributed by atoms with E-state index in [0.717, 1.165) is 5.76 Å². The fourth-order valence-electron chi connectivity index (χ4n) is 1.07. The van der Waals surface area contributed by atoms with Crippen molar-refractivity contribution in [3.63, 3.8) is 0 Å². The van der Waals surface area contributed by atoms with Gasteiger partial charge in [-0.15, -0.1) is 0 Å². The Morgan fingerprint density at radius 2 is 2.33 bits per heavy atom. The second-order valence-corrected chi connectivity index (χ2v) is 2.83. The van der Waals surface area contributed by atoms with Gasteiger partial charge in [0, 0.05) is 0 Å². The molecule has 15 heavy (non-hydrogen) atoms. The summed E-state index contributed by atoms with van der Waals surface area (Å²) >= 11 is 0. The fraction of sp³-hybridized carbons (Fsp3) is 0.100. The summed E-state index contributed by atoms with van der Waals surface area (Å²) in [6.45, 7) is 0.549. The molecule has 74 valence electrons. The number of hydrogen-bond donors (Lipinski definition) is 1. The van der Waals surface area contributed by atoms with Crippen molar-refractivity contribution in [2.75, 3.05) is 5.32 Å². The maximum absolute atomic E-state index is 8.52. The molecule has 2 aromatic heterocycles. The fourth-order valence-corrected chi connectivity index (χ4v) is 1.07. The Labute approximate surface area is 86.4 Å². The first-order valence-corrected chi connectivity index (χ1v) is 4.37. The summed E-state index contributed by atoms with van der Waals surface area (Å²) in [6.07, 6.45) is 4.55. The van der Waals surface area contributed by atoms with Gasteiger partial charge in [0.25, 0.3) is 0 Å². The molecular formula is C10H8N4O.